The van der Waals surface area contributed by atoms with Crippen LogP contribution in [0.3, 0.4) is 0 Å². The van der Waals surface area contributed by atoms with E-state index in [0.717, 1.165) is 11.1 Å². The van der Waals surface area contributed by atoms with Crippen molar-refractivity contribution in [2.24, 2.45) is 7.05 Å². The normalized spacial score (nSPS) is 11.9. The third-order valence-corrected chi connectivity index (χ3v) is 5.92. The molecule has 0 atom stereocenters. The fourth-order valence-corrected chi connectivity index (χ4v) is 4.32. The standard InChI is InChI=1S/C18H19ClN2O5S/c1-11-6-12(2)8-13(7-11)25-5-4-20-27(23,24)17-10-16-15(9-14(17)19)21(3)18(22)26-16/h6-10,20H,4-5H2,1-3H3. The number of hydrogen-bond donors (Lipinski definition) is 1. The lowest BCUT2D eigenvalue weighted by molar-refractivity contribution is 0.322. The second-order valence-electron chi connectivity index (χ2n) is 6.25. The van der Waals surface area contributed by atoms with Crippen LogP contribution < -0.4 is 15.2 Å². The van der Waals surface area contributed by atoms with E-state index in [0.29, 0.717) is 11.3 Å². The molecular weight excluding hydrogens is 392 g/mol. The predicted octanol–water partition coefficient (Wildman–Crippen LogP) is 2.76. The molecule has 3 rings (SSSR count). The maximum Gasteiger partial charge on any atom is 0.419 e. The topological polar surface area (TPSA) is 90.5 Å². The van der Waals surface area contributed by atoms with Gasteiger partial charge in [-0.15, -0.1) is 0 Å². The number of nitrogens with one attached hydrogen (secondary N) is 1. The summed E-state index contributed by atoms with van der Waals surface area (Å²) in [6.07, 6.45) is 0. The molecule has 0 aliphatic carbocycles. The van der Waals surface area contributed by atoms with Crippen molar-refractivity contribution >= 4 is 32.7 Å². The van der Waals surface area contributed by atoms with Crippen LogP contribution in [0.15, 0.2) is 44.4 Å². The maximum atomic E-state index is 12.5. The van der Waals surface area contributed by atoms with Crippen LogP contribution in [0, 0.1) is 13.8 Å². The molecule has 0 radical (unpaired) electrons. The SMILES string of the molecule is Cc1cc(C)cc(OCCNS(=O)(=O)c2cc3oc(=O)n(C)c3cc2Cl)c1. The number of ether oxygens (including phenoxy) is 1. The predicted molar refractivity (Wildman–Crippen MR) is 103 cm³/mol. The van der Waals surface area contributed by atoms with Gasteiger partial charge in [0.05, 0.1) is 10.5 Å². The summed E-state index contributed by atoms with van der Waals surface area (Å²) >= 11 is 6.11. The van der Waals surface area contributed by atoms with Crippen molar-refractivity contribution in [3.05, 3.63) is 57.0 Å². The van der Waals surface area contributed by atoms with E-state index in [9.17, 15) is 13.2 Å². The number of sulfonamides is 1. The van der Waals surface area contributed by atoms with Crippen molar-refractivity contribution in [1.29, 1.82) is 0 Å². The van der Waals surface area contributed by atoms with E-state index in [1.807, 2.05) is 32.0 Å². The molecule has 0 saturated heterocycles. The van der Waals surface area contributed by atoms with Gasteiger partial charge in [0.2, 0.25) is 10.0 Å². The number of fused-ring (bicyclic) bond motifs is 1. The summed E-state index contributed by atoms with van der Waals surface area (Å²) in [6.45, 7) is 4.14. The van der Waals surface area contributed by atoms with Crippen molar-refractivity contribution < 1.29 is 17.6 Å². The maximum absolute atomic E-state index is 12.5. The van der Waals surface area contributed by atoms with Crippen LogP contribution in [0.25, 0.3) is 11.1 Å². The minimum Gasteiger partial charge on any atom is -0.492 e. The van der Waals surface area contributed by atoms with Gasteiger partial charge in [0.15, 0.2) is 5.58 Å². The monoisotopic (exact) mass is 410 g/mol. The summed E-state index contributed by atoms with van der Waals surface area (Å²) < 4.78 is 39.4. The molecule has 144 valence electrons. The molecule has 2 aromatic carbocycles. The minimum absolute atomic E-state index is 0.00151. The minimum atomic E-state index is -3.89. The van der Waals surface area contributed by atoms with Gasteiger partial charge >= 0.3 is 5.76 Å². The molecule has 0 spiro atoms. The van der Waals surface area contributed by atoms with E-state index >= 15 is 0 Å². The van der Waals surface area contributed by atoms with E-state index < -0.39 is 15.8 Å². The Hall–Kier alpha value is -2.29. The first-order chi connectivity index (χ1) is 12.7. The van der Waals surface area contributed by atoms with E-state index in [-0.39, 0.29) is 28.7 Å². The highest BCUT2D eigenvalue weighted by molar-refractivity contribution is 7.89. The number of nitrogens with zero attached hydrogens (tertiary/aromatic N) is 1. The van der Waals surface area contributed by atoms with Crippen LogP contribution in [0.4, 0.5) is 0 Å². The fraction of sp³-hybridized carbons (Fsp3) is 0.278. The van der Waals surface area contributed by atoms with Crippen molar-refractivity contribution in [2.45, 2.75) is 18.7 Å². The molecule has 0 aliphatic heterocycles. The van der Waals surface area contributed by atoms with Gasteiger partial charge in [-0.05, 0) is 43.2 Å². The molecule has 1 N–H and O–H groups in total. The molecule has 0 fully saturated rings. The lowest BCUT2D eigenvalue weighted by Gasteiger charge is -2.11. The van der Waals surface area contributed by atoms with Gasteiger partial charge in [-0.3, -0.25) is 4.57 Å². The Morgan fingerprint density at radius 3 is 2.48 bits per heavy atom. The van der Waals surface area contributed by atoms with Gasteiger partial charge in [-0.2, -0.15) is 0 Å². The number of oxazole rings is 1. The molecule has 0 amide bonds. The first-order valence-electron chi connectivity index (χ1n) is 8.17. The van der Waals surface area contributed by atoms with Crippen molar-refractivity contribution in [3.8, 4) is 5.75 Å². The van der Waals surface area contributed by atoms with Crippen molar-refractivity contribution in [3.63, 3.8) is 0 Å². The highest BCUT2D eigenvalue weighted by atomic mass is 35.5. The fourth-order valence-electron chi connectivity index (χ4n) is 2.77. The third-order valence-electron chi connectivity index (χ3n) is 3.99. The molecule has 9 heteroatoms. The van der Waals surface area contributed by atoms with Gasteiger partial charge < -0.3 is 9.15 Å². The third kappa shape index (κ3) is 4.18. The first kappa shape index (κ1) is 19.5. The lowest BCUT2D eigenvalue weighted by Crippen LogP contribution is -2.28. The highest BCUT2D eigenvalue weighted by Gasteiger charge is 2.21. The van der Waals surface area contributed by atoms with E-state index in [2.05, 4.69) is 4.72 Å². The molecule has 7 nitrogen and oxygen atoms in total. The Morgan fingerprint density at radius 2 is 1.81 bits per heavy atom. The quantitative estimate of drug-likeness (QED) is 0.631. The highest BCUT2D eigenvalue weighted by Crippen LogP contribution is 2.27. The zero-order valence-electron chi connectivity index (χ0n) is 15.1. The zero-order valence-corrected chi connectivity index (χ0v) is 16.6. The smallest absolute Gasteiger partial charge is 0.419 e. The molecule has 0 bridgehead atoms. The molecule has 3 aromatic rings. The molecule has 0 unspecified atom stereocenters. The van der Waals surface area contributed by atoms with Crippen molar-refractivity contribution in [1.82, 2.24) is 9.29 Å². The Labute approximate surface area is 161 Å². The molecular formula is C18H19ClN2O5S. The molecule has 1 aromatic heterocycles. The van der Waals surface area contributed by atoms with Crippen LogP contribution in [0.2, 0.25) is 5.02 Å². The summed E-state index contributed by atoms with van der Waals surface area (Å²) in [5.74, 6) is 0.0858. The van der Waals surface area contributed by atoms with Crippen LogP contribution in [-0.4, -0.2) is 26.1 Å². The molecule has 0 saturated carbocycles. The number of aryl methyl sites for hydroxylation is 3. The van der Waals surface area contributed by atoms with Gasteiger partial charge in [0.1, 0.15) is 17.3 Å². The Bertz CT molecular complexity index is 1140. The van der Waals surface area contributed by atoms with Crippen LogP contribution >= 0.6 is 11.6 Å². The summed E-state index contributed by atoms with van der Waals surface area (Å²) in [7, 11) is -2.37. The second-order valence-corrected chi connectivity index (χ2v) is 8.39. The number of benzene rings is 2. The average molecular weight is 411 g/mol. The van der Waals surface area contributed by atoms with Gasteiger partial charge in [0.25, 0.3) is 0 Å². The number of hydrogen-bond acceptors (Lipinski definition) is 5. The van der Waals surface area contributed by atoms with Crippen LogP contribution in [-0.2, 0) is 17.1 Å². The van der Waals surface area contributed by atoms with Crippen LogP contribution in [0.1, 0.15) is 11.1 Å². The number of rotatable bonds is 6. The molecule has 0 aliphatic rings. The Kier molecular flexibility index (Phi) is 5.32. The Morgan fingerprint density at radius 1 is 1.15 bits per heavy atom. The average Bonchev–Trinajstić information content (AvgIpc) is 2.84. The summed E-state index contributed by atoms with van der Waals surface area (Å²) in [4.78, 5) is 11.4. The van der Waals surface area contributed by atoms with Crippen LogP contribution in [0.5, 0.6) is 5.75 Å². The second kappa shape index (κ2) is 7.38. The van der Waals surface area contributed by atoms with Gasteiger partial charge in [-0.1, -0.05) is 17.7 Å². The molecule has 27 heavy (non-hydrogen) atoms. The molecule has 1 heterocycles. The summed E-state index contributed by atoms with van der Waals surface area (Å²) in [6, 6.07) is 8.41. The first-order valence-corrected chi connectivity index (χ1v) is 10.0. The zero-order chi connectivity index (χ0) is 19.8. The largest absolute Gasteiger partial charge is 0.492 e. The number of halogens is 1. The van der Waals surface area contributed by atoms with E-state index in [1.54, 1.807) is 0 Å². The number of aromatic nitrogens is 1. The van der Waals surface area contributed by atoms with Crippen molar-refractivity contribution in [2.75, 3.05) is 13.2 Å². The Balaban J connectivity index is 1.72. The summed E-state index contributed by atoms with van der Waals surface area (Å²) in [5.41, 5.74) is 2.70. The lowest BCUT2D eigenvalue weighted by atomic mass is 10.1. The van der Waals surface area contributed by atoms with Gasteiger partial charge in [0, 0.05) is 19.7 Å². The van der Waals surface area contributed by atoms with E-state index in [1.165, 1.54) is 23.7 Å². The van der Waals surface area contributed by atoms with Gasteiger partial charge in [-0.25, -0.2) is 17.9 Å². The summed E-state index contributed by atoms with van der Waals surface area (Å²) in [5, 5.41) is 0.00151. The van der Waals surface area contributed by atoms with E-state index in [4.69, 9.17) is 20.8 Å².